The third kappa shape index (κ3) is 8.08. The Morgan fingerprint density at radius 1 is 0.846 bits per heavy atom. The summed E-state index contributed by atoms with van der Waals surface area (Å²) in [6.45, 7) is 0. The Balaban J connectivity index is 1.28. The van der Waals surface area contributed by atoms with E-state index >= 15 is 0 Å². The highest BCUT2D eigenvalue weighted by Crippen LogP contribution is 2.20. The molecule has 0 atom stereocenters. The van der Waals surface area contributed by atoms with Gasteiger partial charge in [0.25, 0.3) is 5.91 Å². The van der Waals surface area contributed by atoms with Gasteiger partial charge in [-0.2, -0.15) is 5.10 Å². The van der Waals surface area contributed by atoms with E-state index in [4.69, 9.17) is 4.74 Å². The lowest BCUT2D eigenvalue weighted by atomic mass is 9.95. The van der Waals surface area contributed by atoms with Gasteiger partial charge < -0.3 is 15.4 Å². The molecule has 3 aromatic rings. The number of halogens is 1. The van der Waals surface area contributed by atoms with Gasteiger partial charge in [-0.15, -0.1) is 0 Å². The van der Waals surface area contributed by atoms with Crippen LogP contribution in [-0.2, 0) is 9.59 Å². The minimum atomic E-state index is -0.992. The van der Waals surface area contributed by atoms with E-state index in [1.54, 1.807) is 72.8 Å². The van der Waals surface area contributed by atoms with Crippen molar-refractivity contribution in [2.45, 2.75) is 38.1 Å². The number of hydrazone groups is 1. The Morgan fingerprint density at radius 2 is 1.54 bits per heavy atom. The van der Waals surface area contributed by atoms with Crippen LogP contribution >= 0.6 is 15.9 Å². The summed E-state index contributed by atoms with van der Waals surface area (Å²) in [6.07, 6.45) is 6.53. The first-order valence-corrected chi connectivity index (χ1v) is 13.3. The van der Waals surface area contributed by atoms with Crippen molar-refractivity contribution in [3.05, 3.63) is 94.0 Å². The van der Waals surface area contributed by atoms with Crippen molar-refractivity contribution in [2.75, 3.05) is 5.32 Å². The van der Waals surface area contributed by atoms with Crippen LogP contribution in [0.25, 0.3) is 0 Å². The van der Waals surface area contributed by atoms with Gasteiger partial charge in [0.15, 0.2) is 0 Å². The minimum absolute atomic E-state index is 0.111. The Labute approximate surface area is 234 Å². The fourth-order valence-electron chi connectivity index (χ4n) is 4.07. The van der Waals surface area contributed by atoms with E-state index in [-0.39, 0.29) is 23.2 Å². The van der Waals surface area contributed by atoms with E-state index in [1.807, 2.05) is 0 Å². The second kappa shape index (κ2) is 13.5. The van der Waals surface area contributed by atoms with Gasteiger partial charge >= 0.3 is 17.8 Å². The number of nitrogens with zero attached hydrogens (tertiary/aromatic N) is 1. The maximum atomic E-state index is 12.8. The molecule has 0 aromatic heterocycles. The van der Waals surface area contributed by atoms with E-state index in [2.05, 4.69) is 37.1 Å². The number of nitrogens with one attached hydrogen (secondary N) is 3. The predicted molar refractivity (Wildman–Crippen MR) is 151 cm³/mol. The average Bonchev–Trinajstić information content (AvgIpc) is 2.95. The van der Waals surface area contributed by atoms with Crippen LogP contribution in [0.2, 0.25) is 0 Å². The molecular formula is C29H27BrN4O5. The molecule has 1 saturated carbocycles. The minimum Gasteiger partial charge on any atom is -0.423 e. The van der Waals surface area contributed by atoms with Gasteiger partial charge in [0.05, 0.1) is 23.0 Å². The summed E-state index contributed by atoms with van der Waals surface area (Å²) in [5.74, 6) is -2.39. The molecule has 9 nitrogen and oxygen atoms in total. The van der Waals surface area contributed by atoms with Crippen molar-refractivity contribution in [3.63, 3.8) is 0 Å². The van der Waals surface area contributed by atoms with Crippen LogP contribution in [0.1, 0.15) is 58.4 Å². The molecule has 0 radical (unpaired) electrons. The number of para-hydroxylation sites is 1. The van der Waals surface area contributed by atoms with Gasteiger partial charge in [-0.05, 0) is 79.1 Å². The van der Waals surface area contributed by atoms with Crippen LogP contribution in [0.3, 0.4) is 0 Å². The van der Waals surface area contributed by atoms with Gasteiger partial charge in [0.1, 0.15) is 5.75 Å². The number of hydrogen-bond acceptors (Lipinski definition) is 6. The molecular weight excluding hydrogens is 564 g/mol. The molecule has 0 bridgehead atoms. The van der Waals surface area contributed by atoms with Crippen molar-refractivity contribution in [3.8, 4) is 5.75 Å². The fraction of sp³-hybridized carbons (Fsp3) is 0.207. The molecule has 1 aliphatic rings. The quantitative estimate of drug-likeness (QED) is 0.120. The highest BCUT2D eigenvalue weighted by molar-refractivity contribution is 9.10. The summed E-state index contributed by atoms with van der Waals surface area (Å²) >= 11 is 3.32. The number of hydrogen-bond donors (Lipinski definition) is 3. The zero-order valence-electron chi connectivity index (χ0n) is 21.0. The highest BCUT2D eigenvalue weighted by Gasteiger charge is 2.21. The average molecular weight is 591 g/mol. The number of benzene rings is 3. The smallest absolute Gasteiger partial charge is 0.343 e. The molecule has 3 N–H and O–H groups in total. The standard InChI is InChI=1S/C29H27BrN4O5/c30-21-14-12-20(13-15-21)29(38)39-23-16-10-19(11-17-23)18-31-34-28(37)27(36)33-25-9-5-4-8-24(25)26(35)32-22-6-2-1-3-7-22/h4-5,8-18,22H,1-3,6-7H2,(H,32,35)(H,33,36)(H,34,37)/b31-18+. The number of carbonyl (C=O) groups excluding carboxylic acids is 4. The van der Waals surface area contributed by atoms with Gasteiger partial charge in [-0.1, -0.05) is 47.3 Å². The summed E-state index contributed by atoms with van der Waals surface area (Å²) < 4.78 is 6.20. The van der Waals surface area contributed by atoms with Crippen LogP contribution < -0.4 is 20.8 Å². The topological polar surface area (TPSA) is 126 Å². The highest BCUT2D eigenvalue weighted by atomic mass is 79.9. The molecule has 39 heavy (non-hydrogen) atoms. The molecule has 0 saturated heterocycles. The third-order valence-electron chi connectivity index (χ3n) is 6.12. The lowest BCUT2D eigenvalue weighted by molar-refractivity contribution is -0.136. The zero-order chi connectivity index (χ0) is 27.6. The molecule has 1 fully saturated rings. The Bertz CT molecular complexity index is 1370. The molecule has 0 unspecified atom stereocenters. The molecule has 10 heteroatoms. The Hall–Kier alpha value is -4.31. The van der Waals surface area contributed by atoms with Crippen molar-refractivity contribution in [1.82, 2.24) is 10.7 Å². The first-order chi connectivity index (χ1) is 18.9. The second-order valence-electron chi connectivity index (χ2n) is 8.97. The van der Waals surface area contributed by atoms with Crippen LogP contribution in [-0.4, -0.2) is 35.9 Å². The van der Waals surface area contributed by atoms with Crippen LogP contribution in [0.15, 0.2) is 82.4 Å². The largest absolute Gasteiger partial charge is 0.423 e. The SMILES string of the molecule is O=C(N/N=C/c1ccc(OC(=O)c2ccc(Br)cc2)cc1)C(=O)Nc1ccccc1C(=O)NC1CCCCC1. The monoisotopic (exact) mass is 590 g/mol. The molecule has 3 aromatic carbocycles. The third-order valence-corrected chi connectivity index (χ3v) is 6.65. The molecule has 200 valence electrons. The molecule has 0 heterocycles. The fourth-order valence-corrected chi connectivity index (χ4v) is 4.33. The van der Waals surface area contributed by atoms with Crippen molar-refractivity contribution in [2.24, 2.45) is 5.10 Å². The zero-order valence-corrected chi connectivity index (χ0v) is 22.6. The van der Waals surface area contributed by atoms with E-state index in [0.29, 0.717) is 16.9 Å². The number of anilines is 1. The van der Waals surface area contributed by atoms with E-state index < -0.39 is 17.8 Å². The number of amides is 3. The second-order valence-corrected chi connectivity index (χ2v) is 9.89. The first-order valence-electron chi connectivity index (χ1n) is 12.5. The Morgan fingerprint density at radius 3 is 2.26 bits per heavy atom. The maximum absolute atomic E-state index is 12.8. The van der Waals surface area contributed by atoms with E-state index in [1.165, 1.54) is 12.6 Å². The van der Waals surface area contributed by atoms with Gasteiger partial charge in [0, 0.05) is 10.5 Å². The van der Waals surface area contributed by atoms with E-state index in [0.717, 1.165) is 30.2 Å². The number of carbonyl (C=O) groups is 4. The molecule has 0 spiro atoms. The molecule has 4 rings (SSSR count). The number of esters is 1. The molecule has 0 aliphatic heterocycles. The predicted octanol–water partition coefficient (Wildman–Crippen LogP) is 4.82. The number of rotatable bonds is 7. The first kappa shape index (κ1) is 27.7. The summed E-state index contributed by atoms with van der Waals surface area (Å²) in [5.41, 5.74) is 3.71. The van der Waals surface area contributed by atoms with Crippen LogP contribution in [0.4, 0.5) is 5.69 Å². The van der Waals surface area contributed by atoms with Gasteiger partial charge in [0.2, 0.25) is 0 Å². The number of ether oxygens (including phenoxy) is 1. The Kier molecular flexibility index (Phi) is 9.58. The summed E-state index contributed by atoms with van der Waals surface area (Å²) in [6, 6.07) is 19.9. The van der Waals surface area contributed by atoms with Gasteiger partial charge in [-0.25, -0.2) is 10.2 Å². The normalized spacial score (nSPS) is 13.5. The lowest BCUT2D eigenvalue weighted by Gasteiger charge is -2.23. The van der Waals surface area contributed by atoms with Crippen molar-refractivity contribution >= 4 is 51.5 Å². The van der Waals surface area contributed by atoms with E-state index in [9.17, 15) is 19.2 Å². The maximum Gasteiger partial charge on any atom is 0.343 e. The lowest BCUT2D eigenvalue weighted by Crippen LogP contribution is -2.37. The summed E-state index contributed by atoms with van der Waals surface area (Å²) in [5, 5.41) is 9.30. The van der Waals surface area contributed by atoms with Crippen LogP contribution in [0.5, 0.6) is 5.75 Å². The van der Waals surface area contributed by atoms with Gasteiger partial charge in [-0.3, -0.25) is 14.4 Å². The molecule has 1 aliphatic carbocycles. The molecule has 3 amide bonds. The van der Waals surface area contributed by atoms with Crippen molar-refractivity contribution in [1.29, 1.82) is 0 Å². The summed E-state index contributed by atoms with van der Waals surface area (Å²) in [4.78, 5) is 49.7. The van der Waals surface area contributed by atoms with Crippen LogP contribution in [0, 0.1) is 0 Å². The van der Waals surface area contributed by atoms with Crippen molar-refractivity contribution < 1.29 is 23.9 Å². The summed E-state index contributed by atoms with van der Waals surface area (Å²) in [7, 11) is 0.